The molecule has 0 unspecified atom stereocenters. The van der Waals surface area contributed by atoms with Crippen LogP contribution >= 0.6 is 11.8 Å². The van der Waals surface area contributed by atoms with Crippen molar-refractivity contribution in [1.29, 1.82) is 0 Å². The predicted molar refractivity (Wildman–Crippen MR) is 87.3 cm³/mol. The second-order valence-corrected chi connectivity index (χ2v) is 5.87. The molecule has 0 fully saturated rings. The molecular weight excluding hydrogens is 312 g/mol. The van der Waals surface area contributed by atoms with Gasteiger partial charge < -0.3 is 9.32 Å². The predicted octanol–water partition coefficient (Wildman–Crippen LogP) is 2.61. The van der Waals surface area contributed by atoms with Crippen molar-refractivity contribution in [2.75, 3.05) is 12.8 Å². The minimum Gasteiger partial charge on any atom is -0.467 e. The highest BCUT2D eigenvalue weighted by atomic mass is 32.2. The minimum atomic E-state index is 0.00228. The van der Waals surface area contributed by atoms with Crippen LogP contribution < -0.4 is 0 Å². The number of hydrogen-bond donors (Lipinski definition) is 0. The van der Waals surface area contributed by atoms with Crippen LogP contribution in [0.3, 0.4) is 0 Å². The Morgan fingerprint density at radius 3 is 2.83 bits per heavy atom. The van der Waals surface area contributed by atoms with Gasteiger partial charge in [-0.15, -0.1) is 5.10 Å². The van der Waals surface area contributed by atoms with Crippen LogP contribution in [0.15, 0.2) is 64.6 Å². The highest BCUT2D eigenvalue weighted by molar-refractivity contribution is 7.99. The van der Waals surface area contributed by atoms with Crippen LogP contribution in [0.1, 0.15) is 5.76 Å². The highest BCUT2D eigenvalue weighted by Gasteiger charge is 2.13. The maximum absolute atomic E-state index is 12.1. The lowest BCUT2D eigenvalue weighted by molar-refractivity contribution is -0.127. The minimum absolute atomic E-state index is 0.00228. The molecule has 0 aliphatic heterocycles. The van der Waals surface area contributed by atoms with Gasteiger partial charge >= 0.3 is 0 Å². The smallest absolute Gasteiger partial charge is 0.233 e. The van der Waals surface area contributed by atoms with Crippen LogP contribution in [0.4, 0.5) is 0 Å². The molecule has 0 N–H and O–H groups in total. The zero-order chi connectivity index (χ0) is 16.1. The van der Waals surface area contributed by atoms with Crippen LogP contribution in [0.5, 0.6) is 0 Å². The number of furan rings is 1. The van der Waals surface area contributed by atoms with Gasteiger partial charge in [0.05, 0.1) is 24.2 Å². The van der Waals surface area contributed by atoms with E-state index < -0.39 is 0 Å². The van der Waals surface area contributed by atoms with Gasteiger partial charge in [-0.3, -0.25) is 4.79 Å². The van der Waals surface area contributed by atoms with E-state index in [1.54, 1.807) is 29.2 Å². The molecule has 2 aromatic heterocycles. The molecule has 6 nitrogen and oxygen atoms in total. The molecular formula is C16H16N4O2S. The van der Waals surface area contributed by atoms with Crippen LogP contribution in [0.25, 0.3) is 5.69 Å². The standard InChI is InChI=1S/C16H16N4O2S/c1-19(10-14-8-5-9-22-14)15(21)11-23-16-17-12-20(18-16)13-6-3-2-4-7-13/h2-9,12H,10-11H2,1H3. The van der Waals surface area contributed by atoms with Crippen molar-refractivity contribution in [2.45, 2.75) is 11.7 Å². The second kappa shape index (κ2) is 7.15. The number of thioether (sulfide) groups is 1. The third kappa shape index (κ3) is 4.01. The Bertz CT molecular complexity index is 756. The van der Waals surface area contributed by atoms with E-state index in [2.05, 4.69) is 10.1 Å². The number of nitrogens with zero attached hydrogens (tertiary/aromatic N) is 4. The lowest BCUT2D eigenvalue weighted by Crippen LogP contribution is -2.27. The third-order valence-electron chi connectivity index (χ3n) is 3.22. The fraction of sp³-hybridized carbons (Fsp3) is 0.188. The van der Waals surface area contributed by atoms with Crippen molar-refractivity contribution >= 4 is 17.7 Å². The van der Waals surface area contributed by atoms with E-state index in [9.17, 15) is 4.79 Å². The summed E-state index contributed by atoms with van der Waals surface area (Å²) in [6, 6.07) is 13.4. The summed E-state index contributed by atoms with van der Waals surface area (Å²) < 4.78 is 6.93. The summed E-state index contributed by atoms with van der Waals surface area (Å²) in [6.45, 7) is 0.457. The molecule has 3 aromatic rings. The van der Waals surface area contributed by atoms with Crippen LogP contribution in [-0.2, 0) is 11.3 Å². The molecule has 0 radical (unpaired) electrons. The van der Waals surface area contributed by atoms with Gasteiger partial charge in [-0.1, -0.05) is 30.0 Å². The lowest BCUT2D eigenvalue weighted by Gasteiger charge is -2.14. The number of carbonyl (C=O) groups excluding carboxylic acids is 1. The quantitative estimate of drug-likeness (QED) is 0.651. The highest BCUT2D eigenvalue weighted by Crippen LogP contribution is 2.15. The molecule has 0 bridgehead atoms. The van der Waals surface area contributed by atoms with E-state index in [1.165, 1.54) is 11.8 Å². The maximum Gasteiger partial charge on any atom is 0.233 e. The number of benzene rings is 1. The molecule has 118 valence electrons. The summed E-state index contributed by atoms with van der Waals surface area (Å²) in [5, 5.41) is 4.94. The summed E-state index contributed by atoms with van der Waals surface area (Å²) in [5.41, 5.74) is 0.938. The normalized spacial score (nSPS) is 10.7. The monoisotopic (exact) mass is 328 g/mol. The Morgan fingerprint density at radius 2 is 2.09 bits per heavy atom. The van der Waals surface area contributed by atoms with Gasteiger partial charge in [0.25, 0.3) is 0 Å². The van der Waals surface area contributed by atoms with Gasteiger partial charge in [0.2, 0.25) is 11.1 Å². The summed E-state index contributed by atoms with van der Waals surface area (Å²) in [4.78, 5) is 18.0. The number of aromatic nitrogens is 3. The van der Waals surface area contributed by atoms with Gasteiger partial charge in [-0.25, -0.2) is 9.67 Å². The van der Waals surface area contributed by atoms with E-state index >= 15 is 0 Å². The molecule has 0 saturated heterocycles. The van der Waals surface area contributed by atoms with Crippen LogP contribution in [-0.4, -0.2) is 38.4 Å². The molecule has 3 rings (SSSR count). The summed E-state index contributed by atoms with van der Waals surface area (Å²) in [7, 11) is 1.75. The summed E-state index contributed by atoms with van der Waals surface area (Å²) in [5.74, 6) is 1.05. The molecule has 0 aliphatic rings. The SMILES string of the molecule is CN(Cc1ccco1)C(=O)CSc1ncn(-c2ccccc2)n1. The average molecular weight is 328 g/mol. The van der Waals surface area contributed by atoms with Crippen molar-refractivity contribution in [2.24, 2.45) is 0 Å². The first kappa shape index (κ1) is 15.4. The largest absolute Gasteiger partial charge is 0.467 e. The van der Waals surface area contributed by atoms with E-state index in [-0.39, 0.29) is 11.7 Å². The zero-order valence-electron chi connectivity index (χ0n) is 12.6. The number of carbonyl (C=O) groups is 1. The van der Waals surface area contributed by atoms with Crippen molar-refractivity contribution in [3.63, 3.8) is 0 Å². The first-order chi connectivity index (χ1) is 11.2. The molecule has 2 heterocycles. The molecule has 0 spiro atoms. The molecule has 23 heavy (non-hydrogen) atoms. The van der Waals surface area contributed by atoms with E-state index in [0.717, 1.165) is 11.4 Å². The Balaban J connectivity index is 1.54. The summed E-state index contributed by atoms with van der Waals surface area (Å²) >= 11 is 1.32. The van der Waals surface area contributed by atoms with E-state index in [1.807, 2.05) is 42.5 Å². The van der Waals surface area contributed by atoms with Gasteiger partial charge in [0.15, 0.2) is 0 Å². The van der Waals surface area contributed by atoms with E-state index in [4.69, 9.17) is 4.42 Å². The first-order valence-electron chi connectivity index (χ1n) is 7.08. The molecule has 0 atom stereocenters. The molecule has 0 saturated carbocycles. The van der Waals surface area contributed by atoms with Crippen molar-refractivity contribution in [3.05, 3.63) is 60.8 Å². The fourth-order valence-electron chi connectivity index (χ4n) is 1.98. The molecule has 0 aliphatic carbocycles. The first-order valence-corrected chi connectivity index (χ1v) is 8.07. The average Bonchev–Trinajstić information content (AvgIpc) is 3.25. The molecule has 1 amide bonds. The van der Waals surface area contributed by atoms with Crippen molar-refractivity contribution in [1.82, 2.24) is 19.7 Å². The third-order valence-corrected chi connectivity index (χ3v) is 4.05. The number of para-hydroxylation sites is 1. The van der Waals surface area contributed by atoms with Crippen LogP contribution in [0, 0.1) is 0 Å². The van der Waals surface area contributed by atoms with Gasteiger partial charge in [0, 0.05) is 7.05 Å². The zero-order valence-corrected chi connectivity index (χ0v) is 13.4. The lowest BCUT2D eigenvalue weighted by atomic mass is 10.3. The van der Waals surface area contributed by atoms with Gasteiger partial charge in [-0.05, 0) is 24.3 Å². The van der Waals surface area contributed by atoms with E-state index in [0.29, 0.717) is 11.7 Å². The Hall–Kier alpha value is -2.54. The Morgan fingerprint density at radius 1 is 1.26 bits per heavy atom. The summed E-state index contributed by atoms with van der Waals surface area (Å²) in [6.07, 6.45) is 3.25. The molecule has 1 aromatic carbocycles. The van der Waals surface area contributed by atoms with Gasteiger partial charge in [0.1, 0.15) is 12.1 Å². The maximum atomic E-state index is 12.1. The number of hydrogen-bond acceptors (Lipinski definition) is 5. The second-order valence-electron chi connectivity index (χ2n) is 4.93. The van der Waals surface area contributed by atoms with Gasteiger partial charge in [-0.2, -0.15) is 0 Å². The molecule has 7 heteroatoms. The number of rotatable bonds is 6. The van der Waals surface area contributed by atoms with Crippen LogP contribution in [0.2, 0.25) is 0 Å². The Labute approximate surface area is 138 Å². The van der Waals surface area contributed by atoms with Crippen molar-refractivity contribution in [3.8, 4) is 5.69 Å². The number of amides is 1. The topological polar surface area (TPSA) is 64.2 Å². The Kier molecular flexibility index (Phi) is 4.77. The fourth-order valence-corrected chi connectivity index (χ4v) is 2.72. The van der Waals surface area contributed by atoms with Crippen molar-refractivity contribution < 1.29 is 9.21 Å².